The molecule has 5 heteroatoms. The predicted octanol–water partition coefficient (Wildman–Crippen LogP) is 1.57. The van der Waals surface area contributed by atoms with Gasteiger partial charge in [0.05, 0.1) is 25.4 Å². The van der Waals surface area contributed by atoms with E-state index >= 15 is 0 Å². The molecular weight excluding hydrogens is 294 g/mol. The van der Waals surface area contributed by atoms with Gasteiger partial charge in [-0.15, -0.1) is 0 Å². The van der Waals surface area contributed by atoms with Crippen LogP contribution in [0.3, 0.4) is 0 Å². The molecule has 2 N–H and O–H groups in total. The molecule has 4 unspecified atom stereocenters. The average Bonchev–Trinajstić information content (AvgIpc) is 2.58. The highest BCUT2D eigenvalue weighted by molar-refractivity contribution is 5.82. The lowest BCUT2D eigenvalue weighted by Gasteiger charge is -2.44. The van der Waals surface area contributed by atoms with Crippen molar-refractivity contribution in [3.8, 4) is 0 Å². The van der Waals surface area contributed by atoms with E-state index in [4.69, 9.17) is 4.74 Å². The maximum absolute atomic E-state index is 12.3. The van der Waals surface area contributed by atoms with Gasteiger partial charge in [0.25, 0.3) is 5.91 Å². The summed E-state index contributed by atoms with van der Waals surface area (Å²) < 4.78 is 5.79. The van der Waals surface area contributed by atoms with Gasteiger partial charge in [0.15, 0.2) is 6.10 Å². The van der Waals surface area contributed by atoms with Crippen molar-refractivity contribution in [1.82, 2.24) is 4.90 Å². The Morgan fingerprint density at radius 1 is 1.22 bits per heavy atom. The van der Waals surface area contributed by atoms with E-state index in [1.165, 1.54) is 0 Å². The molecule has 1 aromatic rings. The second kappa shape index (κ2) is 8.43. The van der Waals surface area contributed by atoms with Crippen LogP contribution in [0.1, 0.15) is 32.3 Å². The molecule has 0 radical (unpaired) electrons. The molecule has 1 aliphatic rings. The number of nitrogens with zero attached hydrogens (tertiary/aromatic N) is 1. The first kappa shape index (κ1) is 17.9. The highest BCUT2D eigenvalue weighted by atomic mass is 16.5. The molecule has 0 spiro atoms. The van der Waals surface area contributed by atoms with Gasteiger partial charge in [-0.25, -0.2) is 0 Å². The largest absolute Gasteiger partial charge is 0.390 e. The fourth-order valence-electron chi connectivity index (χ4n) is 3.00. The summed E-state index contributed by atoms with van der Waals surface area (Å²) >= 11 is 0. The fourth-order valence-corrected chi connectivity index (χ4v) is 3.00. The highest BCUT2D eigenvalue weighted by Gasteiger charge is 2.44. The molecule has 4 atom stereocenters. The summed E-state index contributed by atoms with van der Waals surface area (Å²) in [4.78, 5) is 14.0. The summed E-state index contributed by atoms with van der Waals surface area (Å²) in [5.41, 5.74) is 1.07. The quantitative estimate of drug-likeness (QED) is 0.800. The van der Waals surface area contributed by atoms with Crippen molar-refractivity contribution in [3.63, 3.8) is 0 Å². The van der Waals surface area contributed by atoms with Crippen LogP contribution < -0.4 is 0 Å². The van der Waals surface area contributed by atoms with E-state index in [0.717, 1.165) is 18.4 Å². The lowest BCUT2D eigenvalue weighted by molar-refractivity contribution is -0.168. The number of carbonyl (C=O) groups is 1. The first-order valence-electron chi connectivity index (χ1n) is 8.34. The summed E-state index contributed by atoms with van der Waals surface area (Å²) in [5, 5.41) is 20.0. The van der Waals surface area contributed by atoms with Gasteiger partial charge in [-0.3, -0.25) is 4.79 Å². The number of amides is 1. The number of hydrogen-bond acceptors (Lipinski definition) is 4. The molecule has 0 aliphatic carbocycles. The van der Waals surface area contributed by atoms with Gasteiger partial charge >= 0.3 is 0 Å². The standard InChI is InChI=1S/C18H27NO4/c1-3-4-10-19-15(13(2)16(20)17(21)18(19)22)12-23-11-14-8-6-5-7-9-14/h5-9,13,15-17,20-21H,3-4,10-12H2,1-2H3. The first-order chi connectivity index (χ1) is 11.1. The van der Waals surface area contributed by atoms with Crippen molar-refractivity contribution in [1.29, 1.82) is 0 Å². The molecule has 1 fully saturated rings. The third kappa shape index (κ3) is 4.31. The number of hydrogen-bond donors (Lipinski definition) is 2. The smallest absolute Gasteiger partial charge is 0.254 e. The number of ether oxygens (including phenoxy) is 1. The predicted molar refractivity (Wildman–Crippen MR) is 87.7 cm³/mol. The van der Waals surface area contributed by atoms with Gasteiger partial charge < -0.3 is 19.8 Å². The Labute approximate surface area is 137 Å². The number of benzene rings is 1. The molecule has 1 aromatic carbocycles. The van der Waals surface area contributed by atoms with Gasteiger partial charge in [0.2, 0.25) is 0 Å². The molecule has 0 saturated carbocycles. The van der Waals surface area contributed by atoms with Crippen molar-refractivity contribution < 1.29 is 19.7 Å². The molecule has 1 saturated heterocycles. The van der Waals surface area contributed by atoms with E-state index in [0.29, 0.717) is 19.8 Å². The van der Waals surface area contributed by atoms with Crippen LogP contribution >= 0.6 is 0 Å². The van der Waals surface area contributed by atoms with Crippen molar-refractivity contribution in [3.05, 3.63) is 35.9 Å². The molecule has 1 amide bonds. The molecule has 5 nitrogen and oxygen atoms in total. The van der Waals surface area contributed by atoms with E-state index < -0.39 is 18.1 Å². The second-order valence-electron chi connectivity index (χ2n) is 6.25. The Kier molecular flexibility index (Phi) is 6.57. The monoisotopic (exact) mass is 321 g/mol. The summed E-state index contributed by atoms with van der Waals surface area (Å²) in [6.45, 7) is 5.33. The maximum Gasteiger partial charge on any atom is 0.254 e. The zero-order valence-corrected chi connectivity index (χ0v) is 13.9. The first-order valence-corrected chi connectivity index (χ1v) is 8.34. The van der Waals surface area contributed by atoms with E-state index in [-0.39, 0.29) is 12.0 Å². The number of carbonyl (C=O) groups excluding carboxylic acids is 1. The minimum atomic E-state index is -1.33. The number of rotatable bonds is 7. The van der Waals surface area contributed by atoms with E-state index in [9.17, 15) is 15.0 Å². The van der Waals surface area contributed by atoms with Crippen LogP contribution in [-0.4, -0.2) is 52.4 Å². The summed E-state index contributed by atoms with van der Waals surface area (Å²) in [5.74, 6) is -0.618. The van der Waals surface area contributed by atoms with Gasteiger partial charge in [-0.2, -0.15) is 0 Å². The van der Waals surface area contributed by atoms with Crippen LogP contribution in [0.15, 0.2) is 30.3 Å². The molecule has 1 heterocycles. The Morgan fingerprint density at radius 3 is 2.57 bits per heavy atom. The lowest BCUT2D eigenvalue weighted by Crippen LogP contribution is -2.62. The number of unbranched alkanes of at least 4 members (excludes halogenated alkanes) is 1. The second-order valence-corrected chi connectivity index (χ2v) is 6.25. The number of piperidine rings is 1. The Hall–Kier alpha value is -1.43. The van der Waals surface area contributed by atoms with Crippen molar-refractivity contribution in [2.24, 2.45) is 5.92 Å². The molecule has 2 rings (SSSR count). The SMILES string of the molecule is CCCCN1C(=O)C(O)C(O)C(C)C1COCc1ccccc1. The van der Waals surface area contributed by atoms with Crippen molar-refractivity contribution >= 4 is 5.91 Å². The summed E-state index contributed by atoms with van der Waals surface area (Å²) in [7, 11) is 0. The zero-order chi connectivity index (χ0) is 16.8. The lowest BCUT2D eigenvalue weighted by atomic mass is 9.86. The van der Waals surface area contributed by atoms with E-state index in [2.05, 4.69) is 6.92 Å². The van der Waals surface area contributed by atoms with Crippen LogP contribution in [0.25, 0.3) is 0 Å². The van der Waals surface area contributed by atoms with Crippen LogP contribution in [0.2, 0.25) is 0 Å². The fraction of sp³-hybridized carbons (Fsp3) is 0.611. The Balaban J connectivity index is 2.00. The zero-order valence-electron chi connectivity index (χ0n) is 13.9. The van der Waals surface area contributed by atoms with Crippen molar-refractivity contribution in [2.45, 2.75) is 51.5 Å². The number of aliphatic hydroxyl groups excluding tert-OH is 2. The summed E-state index contributed by atoms with van der Waals surface area (Å²) in [6, 6.07) is 9.63. The maximum atomic E-state index is 12.3. The highest BCUT2D eigenvalue weighted by Crippen LogP contribution is 2.26. The molecule has 1 aliphatic heterocycles. The summed E-state index contributed by atoms with van der Waals surface area (Å²) in [6.07, 6.45) is -0.525. The molecule has 0 bridgehead atoms. The molecular formula is C18H27NO4. The Morgan fingerprint density at radius 2 is 1.91 bits per heavy atom. The average molecular weight is 321 g/mol. The topological polar surface area (TPSA) is 70.0 Å². The van der Waals surface area contributed by atoms with Crippen LogP contribution in [0.4, 0.5) is 0 Å². The van der Waals surface area contributed by atoms with Gasteiger partial charge in [-0.05, 0) is 12.0 Å². The third-order valence-corrected chi connectivity index (χ3v) is 4.56. The van der Waals surface area contributed by atoms with Gasteiger partial charge in [-0.1, -0.05) is 50.6 Å². The number of likely N-dealkylation sites (tertiary alicyclic amines) is 1. The minimum Gasteiger partial charge on any atom is -0.390 e. The van der Waals surface area contributed by atoms with Gasteiger partial charge in [0.1, 0.15) is 0 Å². The van der Waals surface area contributed by atoms with E-state index in [1.54, 1.807) is 4.90 Å². The third-order valence-electron chi connectivity index (χ3n) is 4.56. The molecule has 128 valence electrons. The van der Waals surface area contributed by atoms with Crippen LogP contribution in [0, 0.1) is 5.92 Å². The van der Waals surface area contributed by atoms with Gasteiger partial charge in [0, 0.05) is 12.5 Å². The van der Waals surface area contributed by atoms with Crippen molar-refractivity contribution in [2.75, 3.05) is 13.2 Å². The normalized spacial score (nSPS) is 28.2. The van der Waals surface area contributed by atoms with Crippen LogP contribution in [-0.2, 0) is 16.1 Å². The van der Waals surface area contributed by atoms with Crippen LogP contribution in [0.5, 0.6) is 0 Å². The van der Waals surface area contributed by atoms with E-state index in [1.807, 2.05) is 37.3 Å². The minimum absolute atomic E-state index is 0.212. The Bertz CT molecular complexity index is 493. The number of aliphatic hydroxyl groups is 2. The molecule has 23 heavy (non-hydrogen) atoms. The molecule has 0 aromatic heterocycles.